The Labute approximate surface area is 197 Å². The van der Waals surface area contributed by atoms with Crippen LogP contribution in [0.1, 0.15) is 41.8 Å². The van der Waals surface area contributed by atoms with Crippen LogP contribution in [0, 0.1) is 0 Å². The first kappa shape index (κ1) is 21.8. The Bertz CT molecular complexity index is 1300. The Morgan fingerprint density at radius 3 is 2.35 bits per heavy atom. The first-order chi connectivity index (χ1) is 16.6. The Morgan fingerprint density at radius 2 is 1.62 bits per heavy atom. The van der Waals surface area contributed by atoms with Gasteiger partial charge in [0.15, 0.2) is 5.76 Å². The van der Waals surface area contributed by atoms with Crippen molar-refractivity contribution in [2.24, 2.45) is 0 Å². The number of benzene rings is 3. The zero-order valence-corrected chi connectivity index (χ0v) is 19.0. The van der Waals surface area contributed by atoms with Crippen LogP contribution in [0.15, 0.2) is 83.3 Å². The average molecular weight is 455 g/mol. The summed E-state index contributed by atoms with van der Waals surface area (Å²) in [6.45, 7) is 0. The van der Waals surface area contributed by atoms with Gasteiger partial charge >= 0.3 is 0 Å². The summed E-state index contributed by atoms with van der Waals surface area (Å²) in [5.74, 6) is 0.270. The van der Waals surface area contributed by atoms with E-state index in [1.54, 1.807) is 24.3 Å². The number of carbonyl (C=O) groups excluding carboxylic acids is 2. The van der Waals surface area contributed by atoms with E-state index < -0.39 is 5.41 Å². The molecule has 0 atom stereocenters. The van der Waals surface area contributed by atoms with Gasteiger partial charge in [0.2, 0.25) is 5.91 Å². The van der Waals surface area contributed by atoms with Gasteiger partial charge in [0, 0.05) is 17.1 Å². The van der Waals surface area contributed by atoms with E-state index in [0.29, 0.717) is 22.7 Å². The van der Waals surface area contributed by atoms with Crippen molar-refractivity contribution in [3.05, 3.63) is 90.2 Å². The van der Waals surface area contributed by atoms with Crippen LogP contribution in [-0.2, 0) is 10.2 Å². The summed E-state index contributed by atoms with van der Waals surface area (Å²) in [5.41, 5.74) is 2.28. The van der Waals surface area contributed by atoms with Crippen LogP contribution >= 0.6 is 0 Å². The van der Waals surface area contributed by atoms with Gasteiger partial charge < -0.3 is 19.8 Å². The maximum atomic E-state index is 13.4. The molecule has 1 fully saturated rings. The fourth-order valence-electron chi connectivity index (χ4n) is 4.78. The highest BCUT2D eigenvalue weighted by atomic mass is 16.5. The molecule has 1 saturated carbocycles. The minimum Gasteiger partial charge on any atom is -0.494 e. The molecule has 1 aliphatic rings. The van der Waals surface area contributed by atoms with Gasteiger partial charge in [-0.2, -0.15) is 0 Å². The molecule has 34 heavy (non-hydrogen) atoms. The zero-order chi connectivity index (χ0) is 23.5. The second kappa shape index (κ2) is 9.06. The number of para-hydroxylation sites is 1. The third kappa shape index (κ3) is 4.03. The second-order valence-corrected chi connectivity index (χ2v) is 8.63. The normalized spacial score (nSPS) is 14.6. The lowest BCUT2D eigenvalue weighted by atomic mass is 9.78. The molecule has 0 spiro atoms. The van der Waals surface area contributed by atoms with Crippen molar-refractivity contribution in [2.45, 2.75) is 31.1 Å². The summed E-state index contributed by atoms with van der Waals surface area (Å²) in [6.07, 6.45) is 3.70. The standard InChI is InChI=1S/C28H26N2O4/c1-33-24-18-21(29-27(32)28(15-7-8-16-28)20-10-3-2-4-11-20)13-14-22(24)30-26(31)25-17-19-9-5-6-12-23(19)34-25/h2-6,9-14,17-18H,7-8,15-16H2,1H3,(H,29,32)(H,30,31). The molecule has 0 unspecified atom stereocenters. The number of carbonyl (C=O) groups is 2. The van der Waals surface area contributed by atoms with E-state index in [0.717, 1.165) is 36.6 Å². The van der Waals surface area contributed by atoms with E-state index in [1.165, 1.54) is 7.11 Å². The fraction of sp³-hybridized carbons (Fsp3) is 0.214. The average Bonchev–Trinajstić information content (AvgIpc) is 3.54. The molecular weight excluding hydrogens is 428 g/mol. The summed E-state index contributed by atoms with van der Waals surface area (Å²) >= 11 is 0. The molecule has 0 bridgehead atoms. The lowest BCUT2D eigenvalue weighted by Crippen LogP contribution is -2.37. The van der Waals surface area contributed by atoms with Gasteiger partial charge in [-0.25, -0.2) is 0 Å². The summed E-state index contributed by atoms with van der Waals surface area (Å²) < 4.78 is 11.2. The van der Waals surface area contributed by atoms with Gasteiger partial charge in [0.1, 0.15) is 11.3 Å². The Morgan fingerprint density at radius 1 is 0.882 bits per heavy atom. The molecule has 0 radical (unpaired) electrons. The zero-order valence-electron chi connectivity index (χ0n) is 19.0. The molecule has 172 valence electrons. The first-order valence-corrected chi connectivity index (χ1v) is 11.4. The molecule has 3 aromatic carbocycles. The lowest BCUT2D eigenvalue weighted by molar-refractivity contribution is -0.121. The van der Waals surface area contributed by atoms with Gasteiger partial charge in [-0.3, -0.25) is 9.59 Å². The number of ether oxygens (including phenoxy) is 1. The molecule has 6 nitrogen and oxygen atoms in total. The molecule has 2 amide bonds. The van der Waals surface area contributed by atoms with Gasteiger partial charge in [-0.05, 0) is 42.7 Å². The third-order valence-electron chi connectivity index (χ3n) is 6.58. The number of furan rings is 1. The number of nitrogens with one attached hydrogen (secondary N) is 2. The predicted molar refractivity (Wildman–Crippen MR) is 132 cm³/mol. The van der Waals surface area contributed by atoms with Gasteiger partial charge in [0.25, 0.3) is 5.91 Å². The second-order valence-electron chi connectivity index (χ2n) is 8.63. The monoisotopic (exact) mass is 454 g/mol. The smallest absolute Gasteiger partial charge is 0.291 e. The topological polar surface area (TPSA) is 80.6 Å². The summed E-state index contributed by atoms with van der Waals surface area (Å²) in [7, 11) is 1.53. The fourth-order valence-corrected chi connectivity index (χ4v) is 4.78. The van der Waals surface area contributed by atoms with Crippen LogP contribution in [0.3, 0.4) is 0 Å². The predicted octanol–water partition coefficient (Wildman–Crippen LogP) is 6.14. The molecule has 1 aromatic heterocycles. The molecular formula is C28H26N2O4. The van der Waals surface area contributed by atoms with Crippen LogP contribution < -0.4 is 15.4 Å². The highest BCUT2D eigenvalue weighted by molar-refractivity contribution is 6.06. The van der Waals surface area contributed by atoms with E-state index in [9.17, 15) is 9.59 Å². The number of anilines is 2. The van der Waals surface area contributed by atoms with E-state index >= 15 is 0 Å². The summed E-state index contributed by atoms with van der Waals surface area (Å²) in [6, 6.07) is 24.3. The first-order valence-electron chi connectivity index (χ1n) is 11.4. The SMILES string of the molecule is COc1cc(NC(=O)C2(c3ccccc3)CCCC2)ccc1NC(=O)c1cc2ccccc2o1. The van der Waals surface area contributed by atoms with Crippen LogP contribution in [0.4, 0.5) is 11.4 Å². The summed E-state index contributed by atoms with van der Waals surface area (Å²) in [4.78, 5) is 26.2. The minimum absolute atomic E-state index is 0.0164. The maximum Gasteiger partial charge on any atom is 0.291 e. The molecule has 1 aliphatic carbocycles. The van der Waals surface area contributed by atoms with Crippen molar-refractivity contribution >= 4 is 34.2 Å². The number of hydrogen-bond acceptors (Lipinski definition) is 4. The molecule has 2 N–H and O–H groups in total. The molecule has 1 heterocycles. The Kier molecular flexibility index (Phi) is 5.80. The van der Waals surface area contributed by atoms with Crippen LogP contribution in [0.25, 0.3) is 11.0 Å². The molecule has 0 aliphatic heterocycles. The molecule has 5 rings (SSSR count). The van der Waals surface area contributed by atoms with Crippen LogP contribution in [-0.4, -0.2) is 18.9 Å². The quantitative estimate of drug-likeness (QED) is 0.366. The van der Waals surface area contributed by atoms with Crippen molar-refractivity contribution in [2.75, 3.05) is 17.7 Å². The van der Waals surface area contributed by atoms with Crippen LogP contribution in [0.5, 0.6) is 5.75 Å². The largest absolute Gasteiger partial charge is 0.494 e. The minimum atomic E-state index is -0.525. The van der Waals surface area contributed by atoms with E-state index in [4.69, 9.17) is 9.15 Å². The number of methoxy groups -OCH3 is 1. The number of fused-ring (bicyclic) bond motifs is 1. The van der Waals surface area contributed by atoms with Crippen molar-refractivity contribution < 1.29 is 18.7 Å². The molecule has 4 aromatic rings. The number of amides is 2. The Hall–Kier alpha value is -4.06. The van der Waals surface area contributed by atoms with E-state index in [2.05, 4.69) is 10.6 Å². The van der Waals surface area contributed by atoms with Crippen LogP contribution in [0.2, 0.25) is 0 Å². The van der Waals surface area contributed by atoms with Crippen molar-refractivity contribution in [3.8, 4) is 5.75 Å². The number of rotatable bonds is 6. The van der Waals surface area contributed by atoms with Crippen molar-refractivity contribution in [1.82, 2.24) is 0 Å². The van der Waals surface area contributed by atoms with E-state index in [1.807, 2.05) is 54.6 Å². The van der Waals surface area contributed by atoms with Gasteiger partial charge in [-0.1, -0.05) is 61.4 Å². The maximum absolute atomic E-state index is 13.4. The molecule has 6 heteroatoms. The lowest BCUT2D eigenvalue weighted by Gasteiger charge is -2.28. The van der Waals surface area contributed by atoms with Gasteiger partial charge in [-0.15, -0.1) is 0 Å². The Balaban J connectivity index is 1.35. The number of hydrogen-bond donors (Lipinski definition) is 2. The third-order valence-corrected chi connectivity index (χ3v) is 6.58. The highest BCUT2D eigenvalue weighted by Gasteiger charge is 2.42. The van der Waals surface area contributed by atoms with Crippen molar-refractivity contribution in [1.29, 1.82) is 0 Å². The molecule has 0 saturated heterocycles. The summed E-state index contributed by atoms with van der Waals surface area (Å²) in [5, 5.41) is 6.77. The van der Waals surface area contributed by atoms with Gasteiger partial charge in [0.05, 0.1) is 18.2 Å². The van der Waals surface area contributed by atoms with Crippen molar-refractivity contribution in [3.63, 3.8) is 0 Å². The highest BCUT2D eigenvalue weighted by Crippen LogP contribution is 2.42. The van der Waals surface area contributed by atoms with E-state index in [-0.39, 0.29) is 17.6 Å².